The van der Waals surface area contributed by atoms with E-state index in [0.717, 1.165) is 45.2 Å². The number of nitriles is 1. The summed E-state index contributed by atoms with van der Waals surface area (Å²) in [6, 6.07) is 13.5. The molecule has 1 heterocycles. The maximum absolute atomic E-state index is 14.1. The summed E-state index contributed by atoms with van der Waals surface area (Å²) in [7, 11) is 0. The first-order valence-electron chi connectivity index (χ1n) is 11.3. The predicted molar refractivity (Wildman–Crippen MR) is 113 cm³/mol. The highest BCUT2D eigenvalue weighted by Crippen LogP contribution is 2.73. The van der Waals surface area contributed by atoms with Crippen LogP contribution < -0.4 is 5.73 Å². The lowest BCUT2D eigenvalue weighted by molar-refractivity contribution is -0.148. The van der Waals surface area contributed by atoms with Gasteiger partial charge in [0.15, 0.2) is 0 Å². The number of piperidine rings is 1. The van der Waals surface area contributed by atoms with Gasteiger partial charge in [-0.25, -0.2) is 0 Å². The van der Waals surface area contributed by atoms with Gasteiger partial charge in [-0.15, -0.1) is 0 Å². The average molecular weight is 392 g/mol. The van der Waals surface area contributed by atoms with E-state index in [0.29, 0.717) is 30.1 Å². The van der Waals surface area contributed by atoms with Gasteiger partial charge in [0, 0.05) is 25.6 Å². The van der Waals surface area contributed by atoms with Crippen molar-refractivity contribution in [2.45, 2.75) is 63.8 Å². The molecule has 1 aromatic rings. The standard InChI is InChI=1S/C25H33N3O/c1-23(2)16-28(11-9-21(23)27)22(29)25-13-17-12-24(15-25,18-6-4-3-5-7-18)14-20(25)19(17)8-10-26/h3-7,17,19-21H,8-9,11-16,27H2,1-2H3/t17?,19?,20?,21-,24?,25?/m0/s1. The van der Waals surface area contributed by atoms with Crippen LogP contribution >= 0.6 is 0 Å². The molecule has 1 saturated heterocycles. The number of likely N-dealkylation sites (tertiary alicyclic amines) is 1. The maximum atomic E-state index is 14.1. The van der Waals surface area contributed by atoms with Crippen LogP contribution in [0.5, 0.6) is 0 Å². The quantitative estimate of drug-likeness (QED) is 0.850. The first-order valence-corrected chi connectivity index (χ1v) is 11.3. The van der Waals surface area contributed by atoms with Crippen molar-refractivity contribution >= 4 is 5.91 Å². The smallest absolute Gasteiger partial charge is 0.229 e. The molecule has 6 atom stereocenters. The number of amides is 1. The molecule has 0 aromatic heterocycles. The molecule has 1 aromatic carbocycles. The number of carbonyl (C=O) groups excluding carboxylic acids is 1. The van der Waals surface area contributed by atoms with Crippen molar-refractivity contribution in [3.63, 3.8) is 0 Å². The molecule has 154 valence electrons. The van der Waals surface area contributed by atoms with E-state index in [1.165, 1.54) is 5.56 Å². The Morgan fingerprint density at radius 3 is 2.69 bits per heavy atom. The Kier molecular flexibility index (Phi) is 4.17. The Morgan fingerprint density at radius 1 is 1.24 bits per heavy atom. The van der Waals surface area contributed by atoms with Gasteiger partial charge >= 0.3 is 0 Å². The summed E-state index contributed by atoms with van der Waals surface area (Å²) >= 11 is 0. The van der Waals surface area contributed by atoms with E-state index in [-0.39, 0.29) is 22.3 Å². The van der Waals surface area contributed by atoms with Crippen molar-refractivity contribution in [2.24, 2.45) is 34.3 Å². The zero-order valence-electron chi connectivity index (χ0n) is 17.7. The van der Waals surface area contributed by atoms with Crippen LogP contribution in [0.4, 0.5) is 0 Å². The van der Waals surface area contributed by atoms with Crippen LogP contribution in [-0.2, 0) is 10.2 Å². The highest BCUT2D eigenvalue weighted by atomic mass is 16.2. The van der Waals surface area contributed by atoms with E-state index in [2.05, 4.69) is 55.1 Å². The van der Waals surface area contributed by atoms with Gasteiger partial charge in [-0.2, -0.15) is 5.26 Å². The summed E-state index contributed by atoms with van der Waals surface area (Å²) in [5, 5.41) is 9.47. The monoisotopic (exact) mass is 391 g/mol. The first-order chi connectivity index (χ1) is 13.8. The summed E-state index contributed by atoms with van der Waals surface area (Å²) in [5.41, 5.74) is 7.57. The third-order valence-electron chi connectivity index (χ3n) is 9.11. The number of benzene rings is 1. The van der Waals surface area contributed by atoms with Crippen LogP contribution in [0.3, 0.4) is 0 Å². The van der Waals surface area contributed by atoms with Crippen LogP contribution in [0.25, 0.3) is 0 Å². The molecule has 4 nitrogen and oxygen atoms in total. The summed E-state index contributed by atoms with van der Waals surface area (Å²) in [5.74, 6) is 1.62. The average Bonchev–Trinajstić information content (AvgIpc) is 3.08. The highest BCUT2D eigenvalue weighted by molar-refractivity contribution is 5.85. The zero-order chi connectivity index (χ0) is 20.4. The lowest BCUT2D eigenvalue weighted by Crippen LogP contribution is -2.57. The maximum Gasteiger partial charge on any atom is 0.229 e. The van der Waals surface area contributed by atoms with Gasteiger partial charge in [0.05, 0.1) is 11.5 Å². The summed E-state index contributed by atoms with van der Waals surface area (Å²) < 4.78 is 0. The van der Waals surface area contributed by atoms with Gasteiger partial charge < -0.3 is 10.6 Å². The van der Waals surface area contributed by atoms with Gasteiger partial charge in [0.1, 0.15) is 0 Å². The molecular weight excluding hydrogens is 358 g/mol. The van der Waals surface area contributed by atoms with Gasteiger partial charge in [-0.3, -0.25) is 4.79 Å². The van der Waals surface area contributed by atoms with E-state index in [4.69, 9.17) is 5.73 Å². The topological polar surface area (TPSA) is 70.1 Å². The zero-order valence-corrected chi connectivity index (χ0v) is 17.7. The minimum atomic E-state index is -0.266. The van der Waals surface area contributed by atoms with Crippen LogP contribution in [0, 0.1) is 39.9 Å². The third kappa shape index (κ3) is 2.63. The molecule has 5 unspecified atom stereocenters. The Morgan fingerprint density at radius 2 is 2.00 bits per heavy atom. The van der Waals surface area contributed by atoms with Crippen molar-refractivity contribution in [1.82, 2.24) is 4.90 Å². The molecule has 4 aliphatic carbocycles. The Hall–Kier alpha value is -1.86. The predicted octanol–water partition coefficient (Wildman–Crippen LogP) is 3.86. The fourth-order valence-electron chi connectivity index (χ4n) is 7.76. The Bertz CT molecular complexity index is 859. The summed E-state index contributed by atoms with van der Waals surface area (Å²) in [6.07, 6.45) is 5.66. The molecule has 4 saturated carbocycles. The van der Waals surface area contributed by atoms with Gasteiger partial charge in [-0.05, 0) is 66.3 Å². The van der Waals surface area contributed by atoms with Crippen LogP contribution in [0.1, 0.15) is 57.9 Å². The first kappa shape index (κ1) is 19.1. The largest absolute Gasteiger partial charge is 0.342 e. The molecule has 1 amide bonds. The van der Waals surface area contributed by atoms with Crippen molar-refractivity contribution in [3.05, 3.63) is 35.9 Å². The van der Waals surface area contributed by atoms with E-state index in [1.807, 2.05) is 0 Å². The molecule has 0 radical (unpaired) electrons. The molecule has 5 fully saturated rings. The molecule has 29 heavy (non-hydrogen) atoms. The second kappa shape index (κ2) is 6.32. The molecule has 5 aliphatic rings. The number of hydrogen-bond acceptors (Lipinski definition) is 3. The number of hydrogen-bond donors (Lipinski definition) is 1. The van der Waals surface area contributed by atoms with Gasteiger partial charge in [-0.1, -0.05) is 44.2 Å². The fourth-order valence-corrected chi connectivity index (χ4v) is 7.76. The Labute approximate surface area is 174 Å². The van der Waals surface area contributed by atoms with Crippen LogP contribution in [-0.4, -0.2) is 29.9 Å². The van der Waals surface area contributed by atoms with Gasteiger partial charge in [0.25, 0.3) is 0 Å². The van der Waals surface area contributed by atoms with Crippen LogP contribution in [0.2, 0.25) is 0 Å². The third-order valence-corrected chi connectivity index (χ3v) is 9.11. The van der Waals surface area contributed by atoms with Crippen molar-refractivity contribution in [1.29, 1.82) is 5.26 Å². The summed E-state index contributed by atoms with van der Waals surface area (Å²) in [6.45, 7) is 5.92. The molecule has 0 spiro atoms. The summed E-state index contributed by atoms with van der Waals surface area (Å²) in [4.78, 5) is 16.2. The second-order valence-electron chi connectivity index (χ2n) is 11.1. The fraction of sp³-hybridized carbons (Fsp3) is 0.680. The molecule has 4 heteroatoms. The number of rotatable bonds is 3. The van der Waals surface area contributed by atoms with Crippen molar-refractivity contribution in [2.75, 3.05) is 13.1 Å². The lowest BCUT2D eigenvalue weighted by atomic mass is 9.61. The van der Waals surface area contributed by atoms with E-state index >= 15 is 0 Å². The number of carbonyl (C=O) groups is 1. The van der Waals surface area contributed by atoms with E-state index in [9.17, 15) is 10.1 Å². The normalized spacial score (nSPS) is 42.1. The molecular formula is C25H33N3O. The minimum absolute atomic E-state index is 0.0383. The molecule has 1 aliphatic heterocycles. The number of nitrogens with zero attached hydrogens (tertiary/aromatic N) is 2. The second-order valence-corrected chi connectivity index (χ2v) is 11.1. The SMILES string of the molecule is CC1(C)CN(C(=O)C23CC4CC(c5ccccc5)(CC2C4CC#N)C3)CC[C@@H]1N. The molecule has 2 N–H and O–H groups in total. The Balaban J connectivity index is 1.50. The van der Waals surface area contributed by atoms with Crippen LogP contribution in [0.15, 0.2) is 30.3 Å². The lowest BCUT2D eigenvalue weighted by Gasteiger charge is -2.47. The van der Waals surface area contributed by atoms with Gasteiger partial charge in [0.2, 0.25) is 5.91 Å². The molecule has 6 rings (SSSR count). The van der Waals surface area contributed by atoms with Crippen molar-refractivity contribution < 1.29 is 4.79 Å². The highest BCUT2D eigenvalue weighted by Gasteiger charge is 2.71. The number of nitrogens with two attached hydrogens (primary N) is 1. The minimum Gasteiger partial charge on any atom is -0.342 e. The van der Waals surface area contributed by atoms with Crippen molar-refractivity contribution in [3.8, 4) is 6.07 Å². The van der Waals surface area contributed by atoms with E-state index < -0.39 is 0 Å². The molecule has 4 bridgehead atoms. The van der Waals surface area contributed by atoms with E-state index in [1.54, 1.807) is 0 Å².